The molecule has 13 heteroatoms. The van der Waals surface area contributed by atoms with E-state index < -0.39 is 35.2 Å². The molecule has 2 aliphatic heterocycles. The number of thioether (sulfide) groups is 2. The first-order valence-corrected chi connectivity index (χ1v) is 11.9. The predicted octanol–water partition coefficient (Wildman–Crippen LogP) is 0.774. The van der Waals surface area contributed by atoms with Crippen LogP contribution in [-0.4, -0.2) is 66.0 Å². The zero-order valence-corrected chi connectivity index (χ0v) is 18.2. The van der Waals surface area contributed by atoms with Crippen LogP contribution in [0, 0.1) is 0 Å². The summed E-state index contributed by atoms with van der Waals surface area (Å²) in [5.74, 6) is -1.38. The van der Waals surface area contributed by atoms with Crippen molar-refractivity contribution in [1.29, 1.82) is 0 Å². The summed E-state index contributed by atoms with van der Waals surface area (Å²) in [6, 6.07) is 4.01. The Kier molecular flexibility index (Phi) is 6.18. The molecule has 1 fully saturated rings. The molecule has 0 saturated carbocycles. The average Bonchev–Trinajstić information content (AvgIpc) is 3.28. The first kappa shape index (κ1) is 21.6. The largest absolute Gasteiger partial charge is 0.508 e. The Morgan fingerprint density at radius 2 is 2.10 bits per heavy atom. The number of carboxylic acids is 1. The number of nitrogens with one attached hydrogen (secondary N) is 1. The molecular formula is C18H17N5O5S3. The molecule has 1 aromatic carbocycles. The van der Waals surface area contributed by atoms with E-state index in [-0.39, 0.29) is 11.4 Å². The van der Waals surface area contributed by atoms with Crippen LogP contribution in [0.4, 0.5) is 0 Å². The number of aromatic nitrogens is 2. The summed E-state index contributed by atoms with van der Waals surface area (Å²) in [4.78, 5) is 38.4. The topological polar surface area (TPSA) is 159 Å². The van der Waals surface area contributed by atoms with E-state index in [1.165, 1.54) is 64.0 Å². The molecule has 0 radical (unpaired) electrons. The summed E-state index contributed by atoms with van der Waals surface area (Å²) >= 11 is 4.11. The van der Waals surface area contributed by atoms with Gasteiger partial charge in [-0.3, -0.25) is 14.5 Å². The number of aromatic hydroxyl groups is 1. The predicted molar refractivity (Wildman–Crippen MR) is 115 cm³/mol. The Hall–Kier alpha value is -2.61. The lowest BCUT2D eigenvalue weighted by atomic mass is 10.0. The minimum atomic E-state index is -1.18. The number of β-lactam (4-membered cyclic amide) rings is 1. The molecule has 1 unspecified atom stereocenters. The number of hydrogen-bond acceptors (Lipinski definition) is 10. The summed E-state index contributed by atoms with van der Waals surface area (Å²) in [7, 11) is 0. The van der Waals surface area contributed by atoms with Crippen molar-refractivity contribution >= 4 is 52.6 Å². The molecule has 4 rings (SSSR count). The molecule has 0 aliphatic carbocycles. The number of aliphatic carboxylic acids is 1. The van der Waals surface area contributed by atoms with E-state index in [4.69, 9.17) is 5.73 Å². The van der Waals surface area contributed by atoms with Gasteiger partial charge in [-0.2, -0.15) is 0 Å². The van der Waals surface area contributed by atoms with E-state index in [9.17, 15) is 24.6 Å². The van der Waals surface area contributed by atoms with Gasteiger partial charge in [-0.1, -0.05) is 35.2 Å². The lowest BCUT2D eigenvalue weighted by Crippen LogP contribution is -2.71. The zero-order valence-electron chi connectivity index (χ0n) is 15.8. The molecule has 3 heterocycles. The van der Waals surface area contributed by atoms with Gasteiger partial charge in [-0.25, -0.2) is 4.79 Å². The van der Waals surface area contributed by atoms with Crippen LogP contribution >= 0.6 is 34.9 Å². The van der Waals surface area contributed by atoms with Gasteiger partial charge in [0.05, 0.1) is 0 Å². The quantitative estimate of drug-likeness (QED) is 0.330. The van der Waals surface area contributed by atoms with Crippen molar-refractivity contribution in [3.8, 4) is 5.75 Å². The molecule has 1 aromatic heterocycles. The van der Waals surface area contributed by atoms with Gasteiger partial charge in [-0.05, 0) is 23.3 Å². The fourth-order valence-corrected chi connectivity index (χ4v) is 6.22. The third kappa shape index (κ3) is 4.26. The van der Waals surface area contributed by atoms with Crippen LogP contribution < -0.4 is 11.1 Å². The Bertz CT molecular complexity index is 1040. The monoisotopic (exact) mass is 479 g/mol. The van der Waals surface area contributed by atoms with Gasteiger partial charge in [-0.15, -0.1) is 22.0 Å². The fourth-order valence-electron chi connectivity index (χ4n) is 3.25. The number of rotatable bonds is 7. The van der Waals surface area contributed by atoms with E-state index in [1.807, 2.05) is 0 Å². The second-order valence-corrected chi connectivity index (χ2v) is 9.88. The summed E-state index contributed by atoms with van der Waals surface area (Å²) in [6.07, 6.45) is 0. The van der Waals surface area contributed by atoms with Gasteiger partial charge < -0.3 is 21.3 Å². The molecule has 1 saturated heterocycles. The summed E-state index contributed by atoms with van der Waals surface area (Å²) in [6.45, 7) is 0. The number of phenolic OH excluding ortho intramolecular Hbond substituents is 1. The van der Waals surface area contributed by atoms with Crippen LogP contribution in [0.1, 0.15) is 11.6 Å². The molecule has 2 amide bonds. The van der Waals surface area contributed by atoms with Crippen molar-refractivity contribution in [2.24, 2.45) is 5.73 Å². The fraction of sp³-hybridized carbons (Fsp3) is 0.278. The minimum Gasteiger partial charge on any atom is -0.508 e. The van der Waals surface area contributed by atoms with Crippen molar-refractivity contribution in [3.05, 3.63) is 46.6 Å². The highest BCUT2D eigenvalue weighted by Gasteiger charge is 2.54. The molecule has 0 bridgehead atoms. The van der Waals surface area contributed by atoms with E-state index in [0.29, 0.717) is 27.0 Å². The molecule has 10 nitrogen and oxygen atoms in total. The Labute approximate surface area is 188 Å². The Balaban J connectivity index is 1.45. The van der Waals surface area contributed by atoms with Crippen molar-refractivity contribution in [1.82, 2.24) is 20.4 Å². The highest BCUT2D eigenvalue weighted by atomic mass is 32.2. The second kappa shape index (κ2) is 8.86. The Morgan fingerprint density at radius 3 is 2.74 bits per heavy atom. The number of amides is 2. The second-order valence-electron chi connectivity index (χ2n) is 6.72. The van der Waals surface area contributed by atoms with Crippen LogP contribution in [0.25, 0.3) is 0 Å². The number of benzene rings is 1. The van der Waals surface area contributed by atoms with Gasteiger partial charge in [0.2, 0.25) is 5.91 Å². The SMILES string of the molecule is N[C@@H](C(=O)NC1C(=O)N2C(C(=O)O)=C(CSc3nncs3)CS[C@H]12)c1ccc(O)cc1. The number of fused-ring (bicyclic) bond motifs is 1. The maximum Gasteiger partial charge on any atom is 0.352 e. The lowest BCUT2D eigenvalue weighted by Gasteiger charge is -2.49. The first-order chi connectivity index (χ1) is 14.9. The van der Waals surface area contributed by atoms with Crippen LogP contribution in [0.15, 0.2) is 45.4 Å². The molecule has 31 heavy (non-hydrogen) atoms. The summed E-state index contributed by atoms with van der Waals surface area (Å²) in [5.41, 5.74) is 8.62. The van der Waals surface area contributed by atoms with Crippen molar-refractivity contribution in [2.75, 3.05) is 11.5 Å². The van der Waals surface area contributed by atoms with Crippen molar-refractivity contribution < 1.29 is 24.6 Å². The van der Waals surface area contributed by atoms with Gasteiger partial charge in [0, 0.05) is 11.5 Å². The average molecular weight is 480 g/mol. The van der Waals surface area contributed by atoms with Crippen LogP contribution in [-0.2, 0) is 14.4 Å². The summed E-state index contributed by atoms with van der Waals surface area (Å²) in [5, 5.41) is 28.9. The molecule has 5 N–H and O–H groups in total. The van der Waals surface area contributed by atoms with Gasteiger partial charge in [0.1, 0.15) is 34.4 Å². The maximum atomic E-state index is 12.7. The first-order valence-electron chi connectivity index (χ1n) is 9.00. The number of carbonyl (C=O) groups is 3. The number of nitrogens with two attached hydrogens (primary N) is 1. The van der Waals surface area contributed by atoms with Crippen molar-refractivity contribution in [3.63, 3.8) is 0 Å². The smallest absolute Gasteiger partial charge is 0.352 e. The molecule has 3 atom stereocenters. The van der Waals surface area contributed by atoms with Crippen molar-refractivity contribution in [2.45, 2.75) is 21.8 Å². The van der Waals surface area contributed by atoms with Crippen LogP contribution in [0.5, 0.6) is 5.75 Å². The molecule has 2 aromatic rings. The molecule has 162 valence electrons. The maximum absolute atomic E-state index is 12.7. The molecule has 2 aliphatic rings. The third-order valence-corrected chi connectivity index (χ3v) is 8.08. The van der Waals surface area contributed by atoms with Crippen LogP contribution in [0.3, 0.4) is 0 Å². The number of carboxylic acid groups (broad SMARTS) is 1. The van der Waals surface area contributed by atoms with E-state index >= 15 is 0 Å². The van der Waals surface area contributed by atoms with Gasteiger partial charge in [0.25, 0.3) is 5.91 Å². The van der Waals surface area contributed by atoms with Gasteiger partial charge in [0.15, 0.2) is 4.34 Å². The minimum absolute atomic E-state index is 0.0425. The van der Waals surface area contributed by atoms with Gasteiger partial charge >= 0.3 is 5.97 Å². The normalized spacial score (nSPS) is 21.3. The summed E-state index contributed by atoms with van der Waals surface area (Å²) < 4.78 is 0.715. The highest BCUT2D eigenvalue weighted by Crippen LogP contribution is 2.41. The number of carbonyl (C=O) groups excluding carboxylic acids is 2. The van der Waals surface area contributed by atoms with E-state index in [1.54, 1.807) is 5.51 Å². The highest BCUT2D eigenvalue weighted by molar-refractivity contribution is 8.01. The molecule has 0 spiro atoms. The number of phenols is 1. The standard InChI is InChI=1S/C18H17N5O5S3/c19-11(8-1-3-10(24)4-2-8)14(25)21-12-15(26)23-13(17(27)28)9(5-29-16(12)23)6-30-18-22-20-7-31-18/h1-4,7,11-12,16,24H,5-6,19H2,(H,21,25)(H,27,28)/t11-,12?,16-/m1/s1. The van der Waals surface area contributed by atoms with Crippen LogP contribution in [0.2, 0.25) is 0 Å². The zero-order chi connectivity index (χ0) is 22.1. The Morgan fingerprint density at radius 1 is 1.35 bits per heavy atom. The lowest BCUT2D eigenvalue weighted by molar-refractivity contribution is -0.150. The number of nitrogens with zero attached hydrogens (tertiary/aromatic N) is 3. The number of hydrogen-bond donors (Lipinski definition) is 4. The molecular weight excluding hydrogens is 462 g/mol. The van der Waals surface area contributed by atoms with E-state index in [0.717, 1.165) is 0 Å². The third-order valence-electron chi connectivity index (χ3n) is 4.79. The van der Waals surface area contributed by atoms with E-state index in [2.05, 4.69) is 15.5 Å².